The molecule has 0 atom stereocenters. The molecule has 0 radical (unpaired) electrons. The van der Waals surface area contributed by atoms with Crippen LogP contribution in [0.2, 0.25) is 0 Å². The summed E-state index contributed by atoms with van der Waals surface area (Å²) >= 11 is 0. The molecule has 0 aromatic heterocycles. The molecule has 0 saturated carbocycles. The number of hydrogen-bond donors (Lipinski definition) is 0. The van der Waals surface area contributed by atoms with Crippen LogP contribution in [-0.4, -0.2) is 6.61 Å². The number of benzene rings is 2. The lowest BCUT2D eigenvalue weighted by molar-refractivity contribution is 0.363. The molecule has 0 spiro atoms. The maximum absolute atomic E-state index is 9.06. The van der Waals surface area contributed by atoms with Crippen molar-refractivity contribution in [3.05, 3.63) is 66.7 Å². The molecule has 2 aromatic carbocycles. The second-order valence-electron chi connectivity index (χ2n) is 3.78. The van der Waals surface area contributed by atoms with E-state index in [-0.39, 0.29) is 0 Å². The van der Waals surface area contributed by atoms with Gasteiger partial charge in [0.15, 0.2) is 0 Å². The molecule has 0 heterocycles. The smallest absolute Gasteiger partial charge is 0.119 e. The first kappa shape index (κ1) is 11.9. The first-order chi connectivity index (χ1) is 8.85. The molecule has 0 aliphatic heterocycles. The van der Waals surface area contributed by atoms with Crippen molar-refractivity contribution in [3.8, 4) is 22.9 Å². The highest BCUT2D eigenvalue weighted by Crippen LogP contribution is 2.25. The minimum absolute atomic E-state index is 0.494. The second kappa shape index (κ2) is 5.70. The molecule has 0 N–H and O–H groups in total. The summed E-state index contributed by atoms with van der Waals surface area (Å²) in [6, 6.07) is 17.4. The van der Waals surface area contributed by atoms with Gasteiger partial charge in [-0.1, -0.05) is 43.0 Å². The van der Waals surface area contributed by atoms with Crippen molar-refractivity contribution in [3.63, 3.8) is 0 Å². The molecule has 2 heteroatoms. The fourth-order valence-electron chi connectivity index (χ4n) is 1.72. The highest BCUT2D eigenvalue weighted by molar-refractivity contribution is 5.70. The van der Waals surface area contributed by atoms with Gasteiger partial charge in [0.25, 0.3) is 0 Å². The summed E-state index contributed by atoms with van der Waals surface area (Å²) in [4.78, 5) is 0. The van der Waals surface area contributed by atoms with Gasteiger partial charge in [0.2, 0.25) is 0 Å². The largest absolute Gasteiger partial charge is 0.490 e. The molecule has 2 aromatic rings. The molecular formula is C16H13NO. The van der Waals surface area contributed by atoms with Gasteiger partial charge in [-0.3, -0.25) is 0 Å². The highest BCUT2D eigenvalue weighted by Gasteiger charge is 2.03. The molecule has 0 aliphatic rings. The topological polar surface area (TPSA) is 33.0 Å². The molecular weight excluding hydrogens is 222 g/mol. The van der Waals surface area contributed by atoms with Crippen LogP contribution in [0.15, 0.2) is 61.2 Å². The number of hydrogen-bond acceptors (Lipinski definition) is 2. The standard InChI is InChI=1S/C16H13NO/c1-2-11-18-15-9-7-13(8-10-15)16-6-4-3-5-14(16)12-17/h2-10H,1,11H2. The third-order valence-electron chi connectivity index (χ3n) is 2.58. The van der Waals surface area contributed by atoms with Crippen LogP contribution in [0, 0.1) is 11.3 Å². The Morgan fingerprint density at radius 3 is 2.50 bits per heavy atom. The zero-order chi connectivity index (χ0) is 12.8. The third-order valence-corrected chi connectivity index (χ3v) is 2.58. The van der Waals surface area contributed by atoms with E-state index in [2.05, 4.69) is 12.6 Å². The van der Waals surface area contributed by atoms with Gasteiger partial charge in [-0.2, -0.15) is 5.26 Å². The van der Waals surface area contributed by atoms with E-state index in [9.17, 15) is 0 Å². The van der Waals surface area contributed by atoms with E-state index in [4.69, 9.17) is 10.00 Å². The maximum atomic E-state index is 9.06. The van der Waals surface area contributed by atoms with E-state index in [0.717, 1.165) is 16.9 Å². The molecule has 88 valence electrons. The van der Waals surface area contributed by atoms with Gasteiger partial charge >= 0.3 is 0 Å². The monoisotopic (exact) mass is 235 g/mol. The lowest BCUT2D eigenvalue weighted by Crippen LogP contribution is -1.92. The quantitative estimate of drug-likeness (QED) is 0.755. The Bertz CT molecular complexity index is 579. The fraction of sp³-hybridized carbons (Fsp3) is 0.0625. The molecule has 0 fully saturated rings. The van der Waals surface area contributed by atoms with Gasteiger partial charge in [0.1, 0.15) is 12.4 Å². The highest BCUT2D eigenvalue weighted by atomic mass is 16.5. The maximum Gasteiger partial charge on any atom is 0.119 e. The van der Waals surface area contributed by atoms with E-state index in [1.807, 2.05) is 48.5 Å². The zero-order valence-electron chi connectivity index (χ0n) is 9.97. The first-order valence-electron chi connectivity index (χ1n) is 5.68. The third kappa shape index (κ3) is 2.58. The molecule has 0 saturated heterocycles. The van der Waals surface area contributed by atoms with Crippen molar-refractivity contribution in [2.75, 3.05) is 6.61 Å². The Labute approximate surface area is 107 Å². The molecule has 18 heavy (non-hydrogen) atoms. The summed E-state index contributed by atoms with van der Waals surface area (Å²) in [5.41, 5.74) is 2.63. The van der Waals surface area contributed by atoms with Crippen LogP contribution in [0.1, 0.15) is 5.56 Å². The van der Waals surface area contributed by atoms with Crippen LogP contribution in [0.5, 0.6) is 5.75 Å². The van der Waals surface area contributed by atoms with Crippen LogP contribution < -0.4 is 4.74 Å². The van der Waals surface area contributed by atoms with Gasteiger partial charge in [-0.05, 0) is 29.3 Å². The Hall–Kier alpha value is -2.53. The minimum atomic E-state index is 0.494. The zero-order valence-corrected chi connectivity index (χ0v) is 9.97. The van der Waals surface area contributed by atoms with E-state index in [1.165, 1.54) is 0 Å². The van der Waals surface area contributed by atoms with Crippen LogP contribution in [0.3, 0.4) is 0 Å². The van der Waals surface area contributed by atoms with Crippen molar-refractivity contribution in [1.29, 1.82) is 5.26 Å². The summed E-state index contributed by atoms with van der Waals surface area (Å²) in [7, 11) is 0. The Morgan fingerprint density at radius 1 is 1.11 bits per heavy atom. The predicted octanol–water partition coefficient (Wildman–Crippen LogP) is 3.79. The predicted molar refractivity (Wildman–Crippen MR) is 72.3 cm³/mol. The van der Waals surface area contributed by atoms with Crippen molar-refractivity contribution in [1.82, 2.24) is 0 Å². The number of nitriles is 1. The normalized spacial score (nSPS) is 9.50. The average molecular weight is 235 g/mol. The molecule has 2 rings (SSSR count). The van der Waals surface area contributed by atoms with Crippen molar-refractivity contribution >= 4 is 0 Å². The van der Waals surface area contributed by atoms with Crippen LogP contribution in [-0.2, 0) is 0 Å². The van der Waals surface area contributed by atoms with Gasteiger partial charge in [-0.15, -0.1) is 0 Å². The van der Waals surface area contributed by atoms with Crippen molar-refractivity contribution in [2.45, 2.75) is 0 Å². The molecule has 2 nitrogen and oxygen atoms in total. The summed E-state index contributed by atoms with van der Waals surface area (Å²) in [6.45, 7) is 4.10. The number of ether oxygens (including phenoxy) is 1. The molecule has 0 bridgehead atoms. The van der Waals surface area contributed by atoms with Crippen LogP contribution in [0.4, 0.5) is 0 Å². The molecule has 0 amide bonds. The molecule has 0 aliphatic carbocycles. The van der Waals surface area contributed by atoms with E-state index in [0.29, 0.717) is 12.2 Å². The lowest BCUT2D eigenvalue weighted by Gasteiger charge is -2.06. The first-order valence-corrected chi connectivity index (χ1v) is 5.68. The lowest BCUT2D eigenvalue weighted by atomic mass is 10.0. The summed E-state index contributed by atoms with van der Waals surface area (Å²) in [5, 5.41) is 9.06. The van der Waals surface area contributed by atoms with Gasteiger partial charge < -0.3 is 4.74 Å². The Balaban J connectivity index is 2.29. The van der Waals surface area contributed by atoms with E-state index in [1.54, 1.807) is 6.08 Å². The van der Waals surface area contributed by atoms with Crippen LogP contribution in [0.25, 0.3) is 11.1 Å². The second-order valence-corrected chi connectivity index (χ2v) is 3.78. The Kier molecular flexibility index (Phi) is 3.78. The van der Waals surface area contributed by atoms with E-state index >= 15 is 0 Å². The van der Waals surface area contributed by atoms with Crippen molar-refractivity contribution < 1.29 is 4.74 Å². The number of rotatable bonds is 4. The SMILES string of the molecule is C=CCOc1ccc(-c2ccccc2C#N)cc1. The summed E-state index contributed by atoms with van der Waals surface area (Å²) in [6.07, 6.45) is 1.71. The van der Waals surface area contributed by atoms with Gasteiger partial charge in [-0.25, -0.2) is 0 Å². The van der Waals surface area contributed by atoms with Crippen LogP contribution >= 0.6 is 0 Å². The van der Waals surface area contributed by atoms with Crippen molar-refractivity contribution in [2.24, 2.45) is 0 Å². The summed E-state index contributed by atoms with van der Waals surface area (Å²) < 4.78 is 5.42. The van der Waals surface area contributed by atoms with Gasteiger partial charge in [0.05, 0.1) is 11.6 Å². The fourth-order valence-corrected chi connectivity index (χ4v) is 1.72. The minimum Gasteiger partial charge on any atom is -0.490 e. The summed E-state index contributed by atoms with van der Waals surface area (Å²) in [5.74, 6) is 0.799. The average Bonchev–Trinajstić information content (AvgIpc) is 2.45. The van der Waals surface area contributed by atoms with E-state index < -0.39 is 0 Å². The number of nitrogens with zero attached hydrogens (tertiary/aromatic N) is 1. The molecule has 0 unspecified atom stereocenters. The Morgan fingerprint density at radius 2 is 1.83 bits per heavy atom. The van der Waals surface area contributed by atoms with Gasteiger partial charge in [0, 0.05) is 0 Å².